The Bertz CT molecular complexity index is 1330. The minimum Gasteiger partial charge on any atom is -0.496 e. The maximum absolute atomic E-state index is 13.0. The molecule has 0 saturated heterocycles. The van der Waals surface area contributed by atoms with E-state index in [0.29, 0.717) is 23.4 Å². The standard InChI is InChI=1S/C23H21BrN4O4/c1-14-3-5-15(6-4-14)21-20-22(32-27-21)26-13-28(23(20)30)10-9-19(29)25-12-16-11-17(24)7-8-18(16)31-2/h3-8,11,13H,9-10,12H2,1-2H3,(H,25,29). The number of methoxy groups -OCH3 is 1. The number of ether oxygens (including phenoxy) is 1. The molecule has 0 unspecified atom stereocenters. The Morgan fingerprint density at radius 3 is 2.75 bits per heavy atom. The molecule has 2 aromatic carbocycles. The first-order chi connectivity index (χ1) is 15.5. The van der Waals surface area contributed by atoms with Gasteiger partial charge in [0.25, 0.3) is 11.3 Å². The first-order valence-electron chi connectivity index (χ1n) is 9.97. The number of nitrogens with one attached hydrogen (secondary N) is 1. The summed E-state index contributed by atoms with van der Waals surface area (Å²) in [5, 5.41) is 7.19. The number of carbonyl (C=O) groups is 1. The lowest BCUT2D eigenvalue weighted by Crippen LogP contribution is -2.27. The number of nitrogens with zero attached hydrogens (tertiary/aromatic N) is 3. The van der Waals surface area contributed by atoms with E-state index in [1.54, 1.807) is 7.11 Å². The molecule has 2 aromatic heterocycles. The van der Waals surface area contributed by atoms with Gasteiger partial charge < -0.3 is 14.6 Å². The van der Waals surface area contributed by atoms with Gasteiger partial charge in [-0.3, -0.25) is 14.2 Å². The largest absolute Gasteiger partial charge is 0.496 e. The molecule has 0 spiro atoms. The van der Waals surface area contributed by atoms with Crippen molar-refractivity contribution in [3.05, 3.63) is 74.7 Å². The molecule has 0 saturated carbocycles. The van der Waals surface area contributed by atoms with Crippen molar-refractivity contribution in [2.45, 2.75) is 26.4 Å². The summed E-state index contributed by atoms with van der Waals surface area (Å²) >= 11 is 3.42. The van der Waals surface area contributed by atoms with E-state index in [4.69, 9.17) is 9.26 Å². The molecule has 164 valence electrons. The van der Waals surface area contributed by atoms with Gasteiger partial charge in [0, 0.05) is 35.1 Å². The van der Waals surface area contributed by atoms with Crippen LogP contribution in [0.4, 0.5) is 0 Å². The normalized spacial score (nSPS) is 11.0. The number of fused-ring (bicyclic) bond motifs is 1. The van der Waals surface area contributed by atoms with Crippen molar-refractivity contribution in [1.29, 1.82) is 0 Å². The summed E-state index contributed by atoms with van der Waals surface area (Å²) in [7, 11) is 1.58. The Morgan fingerprint density at radius 1 is 1.22 bits per heavy atom. The van der Waals surface area contributed by atoms with Crippen molar-refractivity contribution < 1.29 is 14.1 Å². The number of hydrogen-bond donors (Lipinski definition) is 1. The summed E-state index contributed by atoms with van der Waals surface area (Å²) < 4.78 is 12.9. The molecule has 0 bridgehead atoms. The molecule has 4 aromatic rings. The van der Waals surface area contributed by atoms with Gasteiger partial charge in [-0.25, -0.2) is 4.98 Å². The Balaban J connectivity index is 1.48. The number of aryl methyl sites for hydroxylation is 2. The van der Waals surface area contributed by atoms with Crippen LogP contribution in [0.2, 0.25) is 0 Å². The predicted octanol–water partition coefficient (Wildman–Crippen LogP) is 3.84. The van der Waals surface area contributed by atoms with Gasteiger partial charge in [-0.05, 0) is 25.1 Å². The van der Waals surface area contributed by atoms with Gasteiger partial charge in [0.15, 0.2) is 0 Å². The molecule has 0 atom stereocenters. The molecule has 32 heavy (non-hydrogen) atoms. The highest BCUT2D eigenvalue weighted by molar-refractivity contribution is 9.10. The predicted molar refractivity (Wildman–Crippen MR) is 123 cm³/mol. The summed E-state index contributed by atoms with van der Waals surface area (Å²) in [6.45, 7) is 2.48. The Morgan fingerprint density at radius 2 is 2.00 bits per heavy atom. The van der Waals surface area contributed by atoms with E-state index in [0.717, 1.165) is 21.2 Å². The van der Waals surface area contributed by atoms with Gasteiger partial charge in [-0.2, -0.15) is 0 Å². The number of carbonyl (C=O) groups excluding carboxylic acids is 1. The molecule has 8 nitrogen and oxygen atoms in total. The second-order valence-electron chi connectivity index (χ2n) is 7.30. The van der Waals surface area contributed by atoms with Gasteiger partial charge in [0.05, 0.1) is 7.11 Å². The van der Waals surface area contributed by atoms with Crippen molar-refractivity contribution in [3.8, 4) is 17.0 Å². The highest BCUT2D eigenvalue weighted by Crippen LogP contribution is 2.25. The average Bonchev–Trinajstić information content (AvgIpc) is 3.23. The zero-order valence-electron chi connectivity index (χ0n) is 17.6. The van der Waals surface area contributed by atoms with Crippen LogP contribution in [0, 0.1) is 6.92 Å². The quantitative estimate of drug-likeness (QED) is 0.417. The molecule has 0 fully saturated rings. The number of amides is 1. The van der Waals surface area contributed by atoms with Crippen LogP contribution in [0.5, 0.6) is 5.75 Å². The fraction of sp³-hybridized carbons (Fsp3) is 0.217. The SMILES string of the molecule is COc1ccc(Br)cc1CNC(=O)CCn1cnc2onc(-c3ccc(C)cc3)c2c1=O. The summed E-state index contributed by atoms with van der Waals surface area (Å²) in [6, 6.07) is 13.2. The molecule has 0 aliphatic heterocycles. The van der Waals surface area contributed by atoms with Crippen LogP contribution in [-0.2, 0) is 17.9 Å². The highest BCUT2D eigenvalue weighted by Gasteiger charge is 2.17. The molecule has 9 heteroatoms. The van der Waals surface area contributed by atoms with Gasteiger partial charge in [0.2, 0.25) is 5.91 Å². The van der Waals surface area contributed by atoms with Crippen LogP contribution >= 0.6 is 15.9 Å². The third-order valence-electron chi connectivity index (χ3n) is 5.09. The van der Waals surface area contributed by atoms with Gasteiger partial charge >= 0.3 is 0 Å². The third kappa shape index (κ3) is 4.57. The van der Waals surface area contributed by atoms with E-state index in [2.05, 4.69) is 31.4 Å². The van der Waals surface area contributed by atoms with Crippen LogP contribution < -0.4 is 15.6 Å². The number of benzene rings is 2. The first kappa shape index (κ1) is 21.8. The topological polar surface area (TPSA) is 99.2 Å². The summed E-state index contributed by atoms with van der Waals surface area (Å²) in [4.78, 5) is 29.6. The van der Waals surface area contributed by atoms with E-state index in [-0.39, 0.29) is 30.1 Å². The minimum absolute atomic E-state index is 0.120. The lowest BCUT2D eigenvalue weighted by molar-refractivity contribution is -0.121. The van der Waals surface area contributed by atoms with Crippen molar-refractivity contribution >= 4 is 32.9 Å². The lowest BCUT2D eigenvalue weighted by Gasteiger charge is -2.11. The van der Waals surface area contributed by atoms with Gasteiger partial charge in [0.1, 0.15) is 23.2 Å². The van der Waals surface area contributed by atoms with E-state index in [1.165, 1.54) is 10.9 Å². The molecule has 1 N–H and O–H groups in total. The van der Waals surface area contributed by atoms with Crippen LogP contribution in [0.15, 0.2) is 62.6 Å². The van der Waals surface area contributed by atoms with Crippen LogP contribution in [0.25, 0.3) is 22.4 Å². The molecule has 0 aliphatic rings. The van der Waals surface area contributed by atoms with Gasteiger partial charge in [-0.15, -0.1) is 0 Å². The van der Waals surface area contributed by atoms with Crippen molar-refractivity contribution in [3.63, 3.8) is 0 Å². The Kier molecular flexibility index (Phi) is 6.36. The fourth-order valence-electron chi connectivity index (χ4n) is 3.34. The molecular weight excluding hydrogens is 476 g/mol. The van der Waals surface area contributed by atoms with Crippen molar-refractivity contribution in [2.24, 2.45) is 0 Å². The van der Waals surface area contributed by atoms with Gasteiger partial charge in [-0.1, -0.05) is 50.9 Å². The molecule has 4 rings (SSSR count). The Hall–Kier alpha value is -3.46. The van der Waals surface area contributed by atoms with Crippen LogP contribution in [0.3, 0.4) is 0 Å². The first-order valence-corrected chi connectivity index (χ1v) is 10.8. The zero-order valence-corrected chi connectivity index (χ0v) is 19.2. The number of aromatic nitrogens is 3. The monoisotopic (exact) mass is 496 g/mol. The molecule has 2 heterocycles. The van der Waals surface area contributed by atoms with Crippen molar-refractivity contribution in [1.82, 2.24) is 20.0 Å². The molecule has 0 aliphatic carbocycles. The minimum atomic E-state index is -0.298. The number of halogens is 1. The van der Waals surface area contributed by atoms with E-state index in [9.17, 15) is 9.59 Å². The number of hydrogen-bond acceptors (Lipinski definition) is 6. The third-order valence-corrected chi connectivity index (χ3v) is 5.58. The molecule has 1 amide bonds. The fourth-order valence-corrected chi connectivity index (χ4v) is 3.75. The highest BCUT2D eigenvalue weighted by atomic mass is 79.9. The molecular formula is C23H21BrN4O4. The van der Waals surface area contributed by atoms with E-state index in [1.807, 2.05) is 49.4 Å². The number of rotatable bonds is 7. The molecule has 0 radical (unpaired) electrons. The summed E-state index contributed by atoms with van der Waals surface area (Å²) in [5.41, 5.74) is 3.04. The second-order valence-corrected chi connectivity index (χ2v) is 8.22. The van der Waals surface area contributed by atoms with E-state index >= 15 is 0 Å². The van der Waals surface area contributed by atoms with Crippen LogP contribution in [-0.4, -0.2) is 27.7 Å². The lowest BCUT2D eigenvalue weighted by atomic mass is 10.1. The second kappa shape index (κ2) is 9.35. The Labute approximate surface area is 192 Å². The van der Waals surface area contributed by atoms with Crippen molar-refractivity contribution in [2.75, 3.05) is 7.11 Å². The smallest absolute Gasteiger partial charge is 0.266 e. The van der Waals surface area contributed by atoms with Crippen LogP contribution in [0.1, 0.15) is 17.5 Å². The van der Waals surface area contributed by atoms with E-state index < -0.39 is 0 Å². The summed E-state index contributed by atoms with van der Waals surface area (Å²) in [6.07, 6.45) is 1.49. The maximum atomic E-state index is 13.0. The average molecular weight is 497 g/mol. The zero-order chi connectivity index (χ0) is 22.7. The summed E-state index contributed by atoms with van der Waals surface area (Å²) in [5.74, 6) is 0.499. The maximum Gasteiger partial charge on any atom is 0.266 e.